The molecule has 2 heterocycles. The minimum Gasteiger partial charge on any atom is -0.380 e. The van der Waals surface area contributed by atoms with Crippen molar-refractivity contribution in [2.45, 2.75) is 25.9 Å². The molecule has 2 rings (SSSR count). The highest BCUT2D eigenvalue weighted by Gasteiger charge is 2.21. The van der Waals surface area contributed by atoms with E-state index in [0.717, 1.165) is 32.0 Å². The first-order valence-electron chi connectivity index (χ1n) is 4.83. The average Bonchev–Trinajstić information content (AvgIpc) is 2.75. The number of ether oxygens (including phenoxy) is 1. The van der Waals surface area contributed by atoms with Crippen LogP contribution in [0.4, 0.5) is 0 Å². The van der Waals surface area contributed by atoms with Crippen LogP contribution < -0.4 is 0 Å². The molecule has 1 aromatic rings. The van der Waals surface area contributed by atoms with Gasteiger partial charge in [-0.3, -0.25) is 4.90 Å². The number of likely N-dealkylation sites (N-methyl/N-ethyl adjacent to an activating group) is 1. The molecule has 0 N–H and O–H groups in total. The van der Waals surface area contributed by atoms with Crippen LogP contribution in [0, 0.1) is 6.92 Å². The summed E-state index contributed by atoms with van der Waals surface area (Å²) in [6, 6.07) is 0.494. The van der Waals surface area contributed by atoms with Crippen LogP contribution in [0.3, 0.4) is 0 Å². The lowest BCUT2D eigenvalue weighted by Crippen LogP contribution is -2.31. The molecular weight excluding hydrogens is 182 g/mol. The summed E-state index contributed by atoms with van der Waals surface area (Å²) in [7, 11) is 2.06. The standard InChI is InChI=1S/C9H15N3O2/c1-7-10-9(11-14-7)5-12(2)8-3-4-13-6-8/h8H,3-6H2,1-2H3. The van der Waals surface area contributed by atoms with Crippen LogP contribution in [0.15, 0.2) is 4.52 Å². The van der Waals surface area contributed by atoms with Crippen molar-refractivity contribution < 1.29 is 9.26 Å². The minimum absolute atomic E-state index is 0.494. The summed E-state index contributed by atoms with van der Waals surface area (Å²) in [6.45, 7) is 4.20. The van der Waals surface area contributed by atoms with Crippen molar-refractivity contribution in [3.05, 3.63) is 11.7 Å². The largest absolute Gasteiger partial charge is 0.380 e. The molecule has 1 saturated heterocycles. The van der Waals surface area contributed by atoms with Crippen molar-refractivity contribution in [2.75, 3.05) is 20.3 Å². The van der Waals surface area contributed by atoms with Gasteiger partial charge in [0, 0.05) is 19.6 Å². The summed E-state index contributed by atoms with van der Waals surface area (Å²) >= 11 is 0. The van der Waals surface area contributed by atoms with Gasteiger partial charge in [-0.15, -0.1) is 0 Å². The van der Waals surface area contributed by atoms with Gasteiger partial charge in [-0.2, -0.15) is 4.98 Å². The summed E-state index contributed by atoms with van der Waals surface area (Å²) in [5.41, 5.74) is 0. The second-order valence-electron chi connectivity index (χ2n) is 3.66. The smallest absolute Gasteiger partial charge is 0.223 e. The SMILES string of the molecule is Cc1nc(CN(C)C2CCOC2)no1. The maximum atomic E-state index is 5.32. The van der Waals surface area contributed by atoms with E-state index in [9.17, 15) is 0 Å². The Bertz CT molecular complexity index is 294. The lowest BCUT2D eigenvalue weighted by atomic mass is 10.2. The average molecular weight is 197 g/mol. The van der Waals surface area contributed by atoms with Gasteiger partial charge in [-0.05, 0) is 13.5 Å². The number of rotatable bonds is 3. The van der Waals surface area contributed by atoms with Crippen LogP contribution in [0.25, 0.3) is 0 Å². The molecule has 1 aliphatic rings. The molecule has 1 fully saturated rings. The van der Waals surface area contributed by atoms with E-state index in [1.165, 1.54) is 0 Å². The van der Waals surface area contributed by atoms with Crippen molar-refractivity contribution in [1.29, 1.82) is 0 Å². The molecule has 5 nitrogen and oxygen atoms in total. The molecule has 0 saturated carbocycles. The molecule has 0 radical (unpaired) electrons. The Hall–Kier alpha value is -0.940. The molecule has 0 amide bonds. The highest BCUT2D eigenvalue weighted by Crippen LogP contribution is 2.12. The van der Waals surface area contributed by atoms with Gasteiger partial charge < -0.3 is 9.26 Å². The molecular formula is C9H15N3O2. The number of aryl methyl sites for hydroxylation is 1. The third kappa shape index (κ3) is 2.10. The second kappa shape index (κ2) is 4.06. The van der Waals surface area contributed by atoms with Crippen molar-refractivity contribution in [3.63, 3.8) is 0 Å². The van der Waals surface area contributed by atoms with E-state index in [-0.39, 0.29) is 0 Å². The number of nitrogens with zero attached hydrogens (tertiary/aromatic N) is 3. The van der Waals surface area contributed by atoms with Gasteiger partial charge in [-0.25, -0.2) is 0 Å². The molecule has 0 bridgehead atoms. The summed E-state index contributed by atoms with van der Waals surface area (Å²) < 4.78 is 10.2. The normalized spacial score (nSPS) is 22.1. The van der Waals surface area contributed by atoms with Crippen LogP contribution in [0.1, 0.15) is 18.1 Å². The highest BCUT2D eigenvalue weighted by molar-refractivity contribution is 4.85. The maximum Gasteiger partial charge on any atom is 0.223 e. The van der Waals surface area contributed by atoms with E-state index in [2.05, 4.69) is 22.1 Å². The van der Waals surface area contributed by atoms with E-state index in [4.69, 9.17) is 9.26 Å². The van der Waals surface area contributed by atoms with Crippen molar-refractivity contribution in [2.24, 2.45) is 0 Å². The predicted octanol–water partition coefficient (Wildman–Crippen LogP) is 0.599. The van der Waals surface area contributed by atoms with Crippen LogP contribution in [0.5, 0.6) is 0 Å². The molecule has 5 heteroatoms. The number of hydrogen-bond donors (Lipinski definition) is 0. The quantitative estimate of drug-likeness (QED) is 0.710. The molecule has 1 atom stereocenters. The third-order valence-corrected chi connectivity index (χ3v) is 2.49. The molecule has 0 spiro atoms. The molecule has 1 aliphatic heterocycles. The van der Waals surface area contributed by atoms with Crippen molar-refractivity contribution in [1.82, 2.24) is 15.0 Å². The minimum atomic E-state index is 0.494. The fourth-order valence-electron chi connectivity index (χ4n) is 1.63. The first-order chi connectivity index (χ1) is 6.75. The molecule has 14 heavy (non-hydrogen) atoms. The Morgan fingerprint density at radius 3 is 3.00 bits per heavy atom. The second-order valence-corrected chi connectivity index (χ2v) is 3.66. The zero-order valence-electron chi connectivity index (χ0n) is 8.56. The third-order valence-electron chi connectivity index (χ3n) is 2.49. The van der Waals surface area contributed by atoms with Gasteiger partial charge in [0.2, 0.25) is 5.89 Å². The maximum absolute atomic E-state index is 5.32. The van der Waals surface area contributed by atoms with E-state index in [0.29, 0.717) is 11.9 Å². The molecule has 0 aromatic carbocycles. The van der Waals surface area contributed by atoms with E-state index >= 15 is 0 Å². The Morgan fingerprint density at radius 2 is 2.43 bits per heavy atom. The Balaban J connectivity index is 1.90. The molecule has 1 unspecified atom stereocenters. The van der Waals surface area contributed by atoms with Crippen molar-refractivity contribution in [3.8, 4) is 0 Å². The number of aromatic nitrogens is 2. The van der Waals surface area contributed by atoms with E-state index < -0.39 is 0 Å². The fraction of sp³-hybridized carbons (Fsp3) is 0.778. The van der Waals surface area contributed by atoms with E-state index in [1.54, 1.807) is 6.92 Å². The lowest BCUT2D eigenvalue weighted by Gasteiger charge is -2.20. The Morgan fingerprint density at radius 1 is 1.57 bits per heavy atom. The van der Waals surface area contributed by atoms with Crippen molar-refractivity contribution >= 4 is 0 Å². The number of hydrogen-bond acceptors (Lipinski definition) is 5. The molecule has 1 aromatic heterocycles. The first kappa shape index (κ1) is 9.61. The van der Waals surface area contributed by atoms with Gasteiger partial charge in [0.15, 0.2) is 5.82 Å². The van der Waals surface area contributed by atoms with Crippen LogP contribution >= 0.6 is 0 Å². The zero-order valence-corrected chi connectivity index (χ0v) is 8.56. The monoisotopic (exact) mass is 197 g/mol. The first-order valence-corrected chi connectivity index (χ1v) is 4.83. The topological polar surface area (TPSA) is 51.4 Å². The van der Waals surface area contributed by atoms with Gasteiger partial charge >= 0.3 is 0 Å². The summed E-state index contributed by atoms with van der Waals surface area (Å²) in [6.07, 6.45) is 1.09. The Labute approximate surface area is 83.0 Å². The van der Waals surface area contributed by atoms with Gasteiger partial charge in [0.1, 0.15) is 0 Å². The zero-order chi connectivity index (χ0) is 9.97. The van der Waals surface area contributed by atoms with Gasteiger partial charge in [-0.1, -0.05) is 5.16 Å². The highest BCUT2D eigenvalue weighted by atomic mass is 16.5. The summed E-state index contributed by atoms with van der Waals surface area (Å²) in [4.78, 5) is 6.37. The van der Waals surface area contributed by atoms with Crippen LogP contribution in [-0.2, 0) is 11.3 Å². The Kier molecular flexibility index (Phi) is 2.79. The lowest BCUT2D eigenvalue weighted by molar-refractivity contribution is 0.154. The summed E-state index contributed by atoms with van der Waals surface area (Å²) in [5.74, 6) is 1.37. The summed E-state index contributed by atoms with van der Waals surface area (Å²) in [5, 5.41) is 3.86. The van der Waals surface area contributed by atoms with Crippen LogP contribution in [0.2, 0.25) is 0 Å². The van der Waals surface area contributed by atoms with Gasteiger partial charge in [0.05, 0.1) is 13.2 Å². The molecule has 0 aliphatic carbocycles. The van der Waals surface area contributed by atoms with Crippen LogP contribution in [-0.4, -0.2) is 41.3 Å². The van der Waals surface area contributed by atoms with E-state index in [1.807, 2.05) is 0 Å². The fourth-order valence-corrected chi connectivity index (χ4v) is 1.63. The predicted molar refractivity (Wildman–Crippen MR) is 49.7 cm³/mol. The molecule has 78 valence electrons. The van der Waals surface area contributed by atoms with Gasteiger partial charge in [0.25, 0.3) is 0 Å².